The fourth-order valence-corrected chi connectivity index (χ4v) is 1.31. The smallest absolute Gasteiger partial charge is 0.321 e. The fourth-order valence-electron chi connectivity index (χ4n) is 1.31. The molecule has 1 heterocycles. The summed E-state index contributed by atoms with van der Waals surface area (Å²) < 4.78 is 0. The van der Waals surface area contributed by atoms with Gasteiger partial charge < -0.3 is 15.3 Å². The molecular weight excluding hydrogens is 206 g/mol. The number of aliphatic hydroxyl groups is 1. The molecule has 0 spiro atoms. The van der Waals surface area contributed by atoms with Crippen molar-refractivity contribution in [2.45, 2.75) is 19.4 Å². The topological polar surface area (TPSA) is 65.5 Å². The predicted molar refractivity (Wildman–Crippen MR) is 62.2 cm³/mol. The largest absolute Gasteiger partial charge is 0.389 e. The summed E-state index contributed by atoms with van der Waals surface area (Å²) in [4.78, 5) is 17.0. The fraction of sp³-hybridized carbons (Fsp3) is 0.455. The van der Waals surface area contributed by atoms with Gasteiger partial charge in [-0.2, -0.15) is 0 Å². The van der Waals surface area contributed by atoms with Gasteiger partial charge in [-0.05, 0) is 26.0 Å². The summed E-state index contributed by atoms with van der Waals surface area (Å²) in [6.07, 6.45) is 3.20. The van der Waals surface area contributed by atoms with Crippen LogP contribution in [0.25, 0.3) is 0 Å². The number of carbonyl (C=O) groups is 1. The van der Waals surface area contributed by atoms with E-state index in [1.165, 1.54) is 4.90 Å². The highest BCUT2D eigenvalue weighted by Crippen LogP contribution is 2.07. The number of amides is 2. The molecule has 88 valence electrons. The SMILES string of the molecule is CN(CC(C)(C)O)C(=O)Nc1cccnc1. The normalized spacial score (nSPS) is 11.0. The van der Waals surface area contributed by atoms with Gasteiger partial charge in [-0.3, -0.25) is 4.98 Å². The van der Waals surface area contributed by atoms with Crippen LogP contribution in [-0.4, -0.2) is 40.2 Å². The van der Waals surface area contributed by atoms with E-state index in [1.807, 2.05) is 0 Å². The van der Waals surface area contributed by atoms with E-state index in [0.717, 1.165) is 0 Å². The molecule has 0 aromatic carbocycles. The minimum atomic E-state index is -0.902. The third-order valence-corrected chi connectivity index (χ3v) is 1.88. The van der Waals surface area contributed by atoms with Gasteiger partial charge in [0.1, 0.15) is 0 Å². The summed E-state index contributed by atoms with van der Waals surface area (Å²) in [5, 5.41) is 12.2. The van der Waals surface area contributed by atoms with Gasteiger partial charge in [-0.1, -0.05) is 0 Å². The van der Waals surface area contributed by atoms with Crippen molar-refractivity contribution >= 4 is 11.7 Å². The lowest BCUT2D eigenvalue weighted by Gasteiger charge is -2.25. The Balaban J connectivity index is 2.53. The quantitative estimate of drug-likeness (QED) is 0.812. The van der Waals surface area contributed by atoms with Crippen LogP contribution in [0.3, 0.4) is 0 Å². The third-order valence-electron chi connectivity index (χ3n) is 1.88. The van der Waals surface area contributed by atoms with Crippen LogP contribution >= 0.6 is 0 Å². The van der Waals surface area contributed by atoms with Crippen LogP contribution in [0.1, 0.15) is 13.8 Å². The van der Waals surface area contributed by atoms with Crippen LogP contribution in [-0.2, 0) is 0 Å². The highest BCUT2D eigenvalue weighted by Gasteiger charge is 2.19. The number of urea groups is 1. The number of rotatable bonds is 3. The molecule has 1 rings (SSSR count). The lowest BCUT2D eigenvalue weighted by molar-refractivity contribution is 0.0550. The van der Waals surface area contributed by atoms with Crippen LogP contribution in [0.5, 0.6) is 0 Å². The number of hydrogen-bond donors (Lipinski definition) is 2. The van der Waals surface area contributed by atoms with Crippen molar-refractivity contribution in [2.24, 2.45) is 0 Å². The number of pyridine rings is 1. The summed E-state index contributed by atoms with van der Waals surface area (Å²) in [6, 6.07) is 3.23. The molecule has 16 heavy (non-hydrogen) atoms. The highest BCUT2D eigenvalue weighted by atomic mass is 16.3. The molecule has 0 saturated carbocycles. The number of hydrogen-bond acceptors (Lipinski definition) is 3. The van der Waals surface area contributed by atoms with Crippen LogP contribution in [0.4, 0.5) is 10.5 Å². The zero-order valence-electron chi connectivity index (χ0n) is 9.77. The van der Waals surface area contributed by atoms with Crippen molar-refractivity contribution in [3.8, 4) is 0 Å². The van der Waals surface area contributed by atoms with Crippen molar-refractivity contribution < 1.29 is 9.90 Å². The first kappa shape index (κ1) is 12.4. The average Bonchev–Trinajstić information content (AvgIpc) is 2.16. The Hall–Kier alpha value is -1.62. The molecule has 2 N–H and O–H groups in total. The van der Waals surface area contributed by atoms with E-state index < -0.39 is 5.60 Å². The molecule has 2 amide bonds. The van der Waals surface area contributed by atoms with Crippen molar-refractivity contribution in [2.75, 3.05) is 18.9 Å². The molecule has 0 aliphatic rings. The molecule has 0 radical (unpaired) electrons. The summed E-state index contributed by atoms with van der Waals surface area (Å²) in [5.41, 5.74) is -0.267. The Kier molecular flexibility index (Phi) is 3.84. The van der Waals surface area contributed by atoms with Crippen molar-refractivity contribution in [1.29, 1.82) is 0 Å². The minimum Gasteiger partial charge on any atom is -0.389 e. The van der Waals surface area contributed by atoms with Gasteiger partial charge in [0.25, 0.3) is 0 Å². The Labute approximate surface area is 95.1 Å². The molecule has 5 heteroatoms. The van der Waals surface area contributed by atoms with E-state index in [4.69, 9.17) is 0 Å². The minimum absolute atomic E-state index is 0.263. The van der Waals surface area contributed by atoms with E-state index in [1.54, 1.807) is 45.4 Å². The Bertz CT molecular complexity index is 346. The van der Waals surface area contributed by atoms with Gasteiger partial charge in [0.05, 0.1) is 24.0 Å². The van der Waals surface area contributed by atoms with Gasteiger partial charge in [-0.15, -0.1) is 0 Å². The molecule has 0 saturated heterocycles. The Morgan fingerprint density at radius 1 is 1.62 bits per heavy atom. The number of likely N-dealkylation sites (N-methyl/N-ethyl adjacent to an activating group) is 1. The maximum Gasteiger partial charge on any atom is 0.321 e. The zero-order chi connectivity index (χ0) is 12.2. The first-order valence-electron chi connectivity index (χ1n) is 5.03. The third kappa shape index (κ3) is 4.27. The molecule has 0 bridgehead atoms. The zero-order valence-corrected chi connectivity index (χ0v) is 9.77. The van der Waals surface area contributed by atoms with Crippen molar-refractivity contribution in [1.82, 2.24) is 9.88 Å². The standard InChI is InChI=1S/C11H17N3O2/c1-11(2,16)8-14(3)10(15)13-9-5-4-6-12-7-9/h4-7,16H,8H2,1-3H3,(H,13,15). The van der Waals surface area contributed by atoms with Crippen molar-refractivity contribution in [3.05, 3.63) is 24.5 Å². The van der Waals surface area contributed by atoms with E-state index >= 15 is 0 Å². The molecule has 0 atom stereocenters. The summed E-state index contributed by atoms with van der Waals surface area (Å²) in [5.74, 6) is 0. The maximum absolute atomic E-state index is 11.7. The van der Waals surface area contributed by atoms with Gasteiger partial charge >= 0.3 is 6.03 Å². The van der Waals surface area contributed by atoms with Crippen LogP contribution < -0.4 is 5.32 Å². The molecule has 0 fully saturated rings. The van der Waals surface area contributed by atoms with Crippen LogP contribution in [0.2, 0.25) is 0 Å². The summed E-state index contributed by atoms with van der Waals surface area (Å²) >= 11 is 0. The first-order chi connectivity index (χ1) is 7.38. The summed E-state index contributed by atoms with van der Waals surface area (Å²) in [6.45, 7) is 3.57. The number of nitrogens with one attached hydrogen (secondary N) is 1. The lowest BCUT2D eigenvalue weighted by atomic mass is 10.1. The van der Waals surface area contributed by atoms with Crippen LogP contribution in [0.15, 0.2) is 24.5 Å². The molecule has 1 aromatic rings. The molecule has 5 nitrogen and oxygen atoms in total. The van der Waals surface area contributed by atoms with Crippen molar-refractivity contribution in [3.63, 3.8) is 0 Å². The molecule has 0 aliphatic carbocycles. The van der Waals surface area contributed by atoms with Gasteiger partial charge in [-0.25, -0.2) is 4.79 Å². The first-order valence-corrected chi connectivity index (χ1v) is 5.03. The van der Waals surface area contributed by atoms with E-state index in [-0.39, 0.29) is 12.6 Å². The molecular formula is C11H17N3O2. The number of aromatic nitrogens is 1. The number of carbonyl (C=O) groups excluding carboxylic acids is 1. The second-order valence-corrected chi connectivity index (χ2v) is 4.34. The Morgan fingerprint density at radius 2 is 2.31 bits per heavy atom. The molecule has 1 aromatic heterocycles. The second-order valence-electron chi connectivity index (χ2n) is 4.34. The number of anilines is 1. The maximum atomic E-state index is 11.7. The van der Waals surface area contributed by atoms with Crippen LogP contribution in [0, 0.1) is 0 Å². The predicted octanol–water partition coefficient (Wildman–Crippen LogP) is 1.32. The van der Waals surface area contributed by atoms with Gasteiger partial charge in [0, 0.05) is 13.2 Å². The highest BCUT2D eigenvalue weighted by molar-refractivity contribution is 5.88. The van der Waals surface area contributed by atoms with Gasteiger partial charge in [0.15, 0.2) is 0 Å². The monoisotopic (exact) mass is 223 g/mol. The van der Waals surface area contributed by atoms with Gasteiger partial charge in [0.2, 0.25) is 0 Å². The molecule has 0 unspecified atom stereocenters. The average molecular weight is 223 g/mol. The van der Waals surface area contributed by atoms with E-state index in [0.29, 0.717) is 5.69 Å². The lowest BCUT2D eigenvalue weighted by Crippen LogP contribution is -2.41. The number of nitrogens with zero attached hydrogens (tertiary/aromatic N) is 2. The second kappa shape index (κ2) is 4.94. The van der Waals surface area contributed by atoms with E-state index in [9.17, 15) is 9.90 Å². The molecule has 0 aliphatic heterocycles. The summed E-state index contributed by atoms with van der Waals surface area (Å²) in [7, 11) is 1.63. The Morgan fingerprint density at radius 3 is 2.81 bits per heavy atom. The van der Waals surface area contributed by atoms with E-state index in [2.05, 4.69) is 10.3 Å².